The van der Waals surface area contributed by atoms with Crippen molar-refractivity contribution >= 4 is 15.8 Å². The highest BCUT2D eigenvalue weighted by atomic mass is 32.2. The number of hydrogen-bond acceptors (Lipinski definition) is 5. The van der Waals surface area contributed by atoms with Crippen molar-refractivity contribution in [1.29, 1.82) is 0 Å². The lowest BCUT2D eigenvalue weighted by molar-refractivity contribution is 0.0548. The van der Waals surface area contributed by atoms with Gasteiger partial charge in [0.25, 0.3) is 0 Å². The van der Waals surface area contributed by atoms with Crippen LogP contribution in [0.2, 0.25) is 0 Å². The van der Waals surface area contributed by atoms with Crippen LogP contribution in [-0.2, 0) is 16.6 Å². The van der Waals surface area contributed by atoms with Gasteiger partial charge in [0.1, 0.15) is 4.90 Å². The lowest BCUT2D eigenvalue weighted by Gasteiger charge is -2.34. The normalized spacial score (nSPS) is 18.2. The topological polar surface area (TPSA) is 101 Å². The molecule has 17 heavy (non-hydrogen) atoms. The number of aryl methyl sites for hydroxylation is 1. The highest BCUT2D eigenvalue weighted by Crippen LogP contribution is 2.25. The standard InChI is InChI=1S/C9H16N4O3S/c1-2-3-12-6-8(9(10)11-12)17(15,16)13-4-7(14)5-13/h6-7,14H,2-5H2,1H3,(H2,10,11). The molecule has 1 fully saturated rings. The Kier molecular flexibility index (Phi) is 3.11. The van der Waals surface area contributed by atoms with E-state index in [4.69, 9.17) is 10.8 Å². The van der Waals surface area contributed by atoms with Crippen LogP contribution in [0.1, 0.15) is 13.3 Å². The zero-order chi connectivity index (χ0) is 12.6. The quantitative estimate of drug-likeness (QED) is 0.741. The highest BCUT2D eigenvalue weighted by Gasteiger charge is 2.37. The van der Waals surface area contributed by atoms with E-state index in [0.29, 0.717) is 6.54 Å². The van der Waals surface area contributed by atoms with Crippen LogP contribution in [0.3, 0.4) is 0 Å². The first kappa shape index (κ1) is 12.3. The maximum atomic E-state index is 12.1. The predicted octanol–water partition coefficient (Wildman–Crippen LogP) is -0.759. The van der Waals surface area contributed by atoms with E-state index in [1.54, 1.807) is 0 Å². The van der Waals surface area contributed by atoms with Gasteiger partial charge < -0.3 is 10.8 Å². The predicted molar refractivity (Wildman–Crippen MR) is 61.7 cm³/mol. The summed E-state index contributed by atoms with van der Waals surface area (Å²) >= 11 is 0. The number of aliphatic hydroxyl groups is 1. The molecule has 0 aromatic carbocycles. The van der Waals surface area contributed by atoms with E-state index in [1.807, 2.05) is 6.92 Å². The Hall–Kier alpha value is -1.12. The zero-order valence-electron chi connectivity index (χ0n) is 9.57. The minimum Gasteiger partial charge on any atom is -0.390 e. The molecule has 1 aliphatic rings. The SMILES string of the molecule is CCCn1cc(S(=O)(=O)N2CC(O)C2)c(N)n1. The van der Waals surface area contributed by atoms with Gasteiger partial charge in [-0.1, -0.05) is 6.92 Å². The van der Waals surface area contributed by atoms with Crippen molar-refractivity contribution in [3.8, 4) is 0 Å². The molecule has 1 aliphatic heterocycles. The Morgan fingerprint density at radius 1 is 1.59 bits per heavy atom. The second-order valence-corrected chi connectivity index (χ2v) is 6.02. The van der Waals surface area contributed by atoms with Gasteiger partial charge in [0.15, 0.2) is 5.82 Å². The van der Waals surface area contributed by atoms with E-state index in [2.05, 4.69) is 5.10 Å². The van der Waals surface area contributed by atoms with Crippen LogP contribution in [0.4, 0.5) is 5.82 Å². The number of sulfonamides is 1. The number of anilines is 1. The Balaban J connectivity index is 2.27. The van der Waals surface area contributed by atoms with Gasteiger partial charge in [-0.3, -0.25) is 4.68 Å². The van der Waals surface area contributed by atoms with Gasteiger partial charge in [-0.2, -0.15) is 9.40 Å². The molecule has 1 aromatic heterocycles. The summed E-state index contributed by atoms with van der Waals surface area (Å²) in [6.45, 7) is 2.85. The van der Waals surface area contributed by atoms with E-state index < -0.39 is 16.1 Å². The van der Waals surface area contributed by atoms with Gasteiger partial charge in [-0.15, -0.1) is 0 Å². The molecule has 3 N–H and O–H groups in total. The fourth-order valence-electron chi connectivity index (χ4n) is 1.71. The van der Waals surface area contributed by atoms with Crippen molar-refractivity contribution in [2.24, 2.45) is 0 Å². The number of hydrogen-bond donors (Lipinski definition) is 2. The molecule has 0 atom stereocenters. The summed E-state index contributed by atoms with van der Waals surface area (Å²) in [5.41, 5.74) is 5.61. The van der Waals surface area contributed by atoms with E-state index in [1.165, 1.54) is 15.2 Å². The average Bonchev–Trinajstić information content (AvgIpc) is 2.56. The lowest BCUT2D eigenvalue weighted by Crippen LogP contribution is -2.53. The van der Waals surface area contributed by atoms with Crippen LogP contribution in [0.5, 0.6) is 0 Å². The maximum absolute atomic E-state index is 12.1. The molecule has 0 aliphatic carbocycles. The van der Waals surface area contributed by atoms with Crippen LogP contribution >= 0.6 is 0 Å². The molecule has 0 saturated carbocycles. The summed E-state index contributed by atoms with van der Waals surface area (Å²) in [5, 5.41) is 13.1. The molecule has 0 radical (unpaired) electrons. The average molecular weight is 260 g/mol. The maximum Gasteiger partial charge on any atom is 0.248 e. The third-order valence-corrected chi connectivity index (χ3v) is 4.50. The highest BCUT2D eigenvalue weighted by molar-refractivity contribution is 7.89. The van der Waals surface area contributed by atoms with Gasteiger partial charge in [-0.05, 0) is 6.42 Å². The van der Waals surface area contributed by atoms with Gasteiger partial charge >= 0.3 is 0 Å². The number of rotatable bonds is 4. The summed E-state index contributed by atoms with van der Waals surface area (Å²) in [6.07, 6.45) is 1.72. The smallest absolute Gasteiger partial charge is 0.248 e. The molecule has 0 amide bonds. The van der Waals surface area contributed by atoms with Crippen LogP contribution < -0.4 is 5.73 Å². The number of β-amino-alcohol motifs (C(OH)–C–C–N with tert-alkyl or cyclic N) is 1. The van der Waals surface area contributed by atoms with Crippen LogP contribution in [-0.4, -0.2) is 46.8 Å². The van der Waals surface area contributed by atoms with Crippen molar-refractivity contribution in [1.82, 2.24) is 14.1 Å². The van der Waals surface area contributed by atoms with E-state index in [-0.39, 0.29) is 23.8 Å². The van der Waals surface area contributed by atoms with E-state index >= 15 is 0 Å². The molecule has 1 aromatic rings. The summed E-state index contributed by atoms with van der Waals surface area (Å²) in [6, 6.07) is 0. The Bertz CT molecular complexity index is 504. The molecule has 7 nitrogen and oxygen atoms in total. The fourth-order valence-corrected chi connectivity index (χ4v) is 3.29. The molecule has 2 heterocycles. The van der Waals surface area contributed by atoms with Crippen molar-refractivity contribution in [2.75, 3.05) is 18.8 Å². The number of aliphatic hydroxyl groups excluding tert-OH is 1. The Morgan fingerprint density at radius 2 is 2.24 bits per heavy atom. The van der Waals surface area contributed by atoms with Gasteiger partial charge in [0.05, 0.1) is 6.10 Å². The number of nitrogens with zero attached hydrogens (tertiary/aromatic N) is 3. The molecule has 0 bridgehead atoms. The second kappa shape index (κ2) is 4.28. The third kappa shape index (κ3) is 2.15. The largest absolute Gasteiger partial charge is 0.390 e. The molecule has 1 saturated heterocycles. The zero-order valence-corrected chi connectivity index (χ0v) is 10.4. The van der Waals surface area contributed by atoms with Crippen molar-refractivity contribution in [2.45, 2.75) is 30.9 Å². The van der Waals surface area contributed by atoms with Gasteiger partial charge in [-0.25, -0.2) is 8.42 Å². The summed E-state index contributed by atoms with van der Waals surface area (Å²) in [5.74, 6) is 0.0137. The van der Waals surface area contributed by atoms with Crippen molar-refractivity contribution in [3.05, 3.63) is 6.20 Å². The second-order valence-electron chi connectivity index (χ2n) is 4.12. The Morgan fingerprint density at radius 3 is 2.76 bits per heavy atom. The van der Waals surface area contributed by atoms with E-state index in [0.717, 1.165) is 6.42 Å². The lowest BCUT2D eigenvalue weighted by atomic mass is 10.2. The molecule has 2 rings (SSSR count). The first-order valence-electron chi connectivity index (χ1n) is 5.46. The molecule has 96 valence electrons. The molecule has 0 spiro atoms. The molecule has 0 unspecified atom stereocenters. The molecular weight excluding hydrogens is 244 g/mol. The summed E-state index contributed by atoms with van der Waals surface area (Å²) < 4.78 is 26.9. The molecule has 8 heteroatoms. The minimum absolute atomic E-state index is 0.0137. The number of aromatic nitrogens is 2. The fraction of sp³-hybridized carbons (Fsp3) is 0.667. The third-order valence-electron chi connectivity index (χ3n) is 2.65. The summed E-state index contributed by atoms with van der Waals surface area (Å²) in [4.78, 5) is 0.0258. The first-order chi connectivity index (χ1) is 7.95. The van der Waals surface area contributed by atoms with Crippen LogP contribution in [0, 0.1) is 0 Å². The summed E-state index contributed by atoms with van der Waals surface area (Å²) in [7, 11) is -3.60. The molecular formula is C9H16N4O3S. The minimum atomic E-state index is -3.60. The van der Waals surface area contributed by atoms with Crippen LogP contribution in [0.15, 0.2) is 11.1 Å². The van der Waals surface area contributed by atoms with Crippen molar-refractivity contribution < 1.29 is 13.5 Å². The van der Waals surface area contributed by atoms with Crippen LogP contribution in [0.25, 0.3) is 0 Å². The van der Waals surface area contributed by atoms with Crippen molar-refractivity contribution in [3.63, 3.8) is 0 Å². The van der Waals surface area contributed by atoms with Gasteiger partial charge in [0, 0.05) is 25.8 Å². The van der Waals surface area contributed by atoms with Gasteiger partial charge in [0.2, 0.25) is 10.0 Å². The van der Waals surface area contributed by atoms with E-state index in [9.17, 15) is 8.42 Å². The first-order valence-corrected chi connectivity index (χ1v) is 6.90. The Labute approximate surface area is 99.9 Å². The number of nitrogen functional groups attached to an aromatic ring is 1. The monoisotopic (exact) mass is 260 g/mol. The number of nitrogens with two attached hydrogens (primary N) is 1.